The standard InChI is InChI=1S/C27H24S3.C20H18O2S2.C18H12Br2O2S2.C18H22S.C16H15F3S.C16H18S/c1-19-4-10-22(11-5-19)28-25-16-26(29-23-12-6-20(2)7-13-23)18-27(17-25)30-24-14-8-21(3)9-15-24;1-15-10-12-17(13-11-15)23(21)19-8-3-4-9-20(19)24(22)18-7-5-6-16(2)14-18;19-15-8-1-3-10-17(15)23(21)13-6-5-7-14(12-13)24(22)18-11-4-2-9-16(18)20;1-11-7-13(3)17(14(4)8-11)19-18-15(5)9-12(2)10-16(18)6;1-10-8-11(2)15(12(3)9-10)20-14-7-5-4-6-13(14)16(17,18)19;1-11-5-7-15(8-6-11)17-16-13(3)9-12(2)10-14(16)4/h4-18H,1-3H3;3-14H,1-2H3;1-12H;7-10H,1-6H3;4-9H,1-3H3;5-10H,1-4H3. The third-order valence-electron chi connectivity index (χ3n) is 20.9. The molecule has 0 amide bonds. The lowest BCUT2D eigenvalue weighted by Gasteiger charge is -2.15. The molecule has 4 atom stereocenters. The van der Waals surface area contributed by atoms with Crippen LogP contribution >= 0.6 is 102 Å². The van der Waals surface area contributed by atoms with Gasteiger partial charge in [-0.25, -0.2) is 16.8 Å². The third kappa shape index (κ3) is 31.0. The Morgan fingerprint density at radius 2 is 0.470 bits per heavy atom. The number of hydrogen-bond acceptors (Lipinski definition) is 10. The van der Waals surface area contributed by atoms with Gasteiger partial charge in [-0.3, -0.25) is 0 Å². The summed E-state index contributed by atoms with van der Waals surface area (Å²) in [6.07, 6.45) is -4.32. The Kier molecular flexibility index (Phi) is 39.6. The van der Waals surface area contributed by atoms with E-state index in [9.17, 15) is 30.0 Å². The van der Waals surface area contributed by atoms with Crippen molar-refractivity contribution in [2.75, 3.05) is 0 Å². The molecule has 0 heterocycles. The van der Waals surface area contributed by atoms with Gasteiger partial charge in [0.05, 0.1) is 68.3 Å². The van der Waals surface area contributed by atoms with Crippen molar-refractivity contribution in [1.82, 2.24) is 0 Å². The molecule has 0 saturated heterocycles. The van der Waals surface area contributed by atoms with Crippen LogP contribution in [0.15, 0.2) is 441 Å². The van der Waals surface area contributed by atoms with Gasteiger partial charge in [0.15, 0.2) is 0 Å². The molecule has 0 bridgehead atoms. The minimum absolute atomic E-state index is 0.245. The zero-order valence-electron chi connectivity index (χ0n) is 78.4. The Balaban J connectivity index is 0.000000156. The van der Waals surface area contributed by atoms with Crippen LogP contribution in [0.1, 0.15) is 106 Å². The van der Waals surface area contributed by atoms with Crippen LogP contribution in [0.25, 0.3) is 0 Å². The molecule has 0 aromatic heterocycles. The van der Waals surface area contributed by atoms with Crippen molar-refractivity contribution in [3.8, 4) is 0 Å². The zero-order valence-corrected chi connectivity index (χ0v) is 89.7. The van der Waals surface area contributed by atoms with E-state index >= 15 is 0 Å². The molecule has 0 saturated carbocycles. The second-order valence-corrected chi connectivity index (χ2v) is 47.0. The van der Waals surface area contributed by atoms with Crippen LogP contribution < -0.4 is 0 Å². The van der Waals surface area contributed by atoms with Crippen molar-refractivity contribution >= 4 is 146 Å². The first-order valence-electron chi connectivity index (χ1n) is 43.4. The van der Waals surface area contributed by atoms with E-state index in [1.807, 2.05) is 215 Å². The van der Waals surface area contributed by atoms with Crippen molar-refractivity contribution in [2.24, 2.45) is 0 Å². The molecule has 16 aromatic rings. The van der Waals surface area contributed by atoms with Crippen LogP contribution in [0.4, 0.5) is 13.2 Å². The predicted octanol–water partition coefficient (Wildman–Crippen LogP) is 35.8. The number of benzene rings is 16. The lowest BCUT2D eigenvalue weighted by atomic mass is 10.1. The molecule has 4 unspecified atom stereocenters. The second-order valence-electron chi connectivity index (χ2n) is 32.9. The van der Waals surface area contributed by atoms with Crippen molar-refractivity contribution < 1.29 is 30.0 Å². The van der Waals surface area contributed by atoms with Crippen molar-refractivity contribution in [3.63, 3.8) is 0 Å². The van der Waals surface area contributed by atoms with Gasteiger partial charge in [0.2, 0.25) is 0 Å². The summed E-state index contributed by atoms with van der Waals surface area (Å²) in [5, 5.41) is 0. The smallest absolute Gasteiger partial charge is 0.249 e. The van der Waals surface area contributed by atoms with Crippen molar-refractivity contribution in [1.29, 1.82) is 0 Å². The second kappa shape index (κ2) is 50.3. The summed E-state index contributed by atoms with van der Waals surface area (Å²) in [7, 11) is -5.40. The molecule has 4 nitrogen and oxygen atoms in total. The lowest BCUT2D eigenvalue weighted by Crippen LogP contribution is -2.06. The molecule has 0 aliphatic rings. The maximum atomic E-state index is 13.0. The molecule has 134 heavy (non-hydrogen) atoms. The van der Waals surface area contributed by atoms with Crippen LogP contribution in [0.3, 0.4) is 0 Å². The van der Waals surface area contributed by atoms with E-state index < -0.39 is 54.9 Å². The van der Waals surface area contributed by atoms with Crippen LogP contribution in [0, 0.1) is 125 Å². The molecular weight excluding hydrogens is 1980 g/mol. The zero-order chi connectivity index (χ0) is 96.6. The van der Waals surface area contributed by atoms with Gasteiger partial charge in [-0.15, -0.1) is 0 Å². The van der Waals surface area contributed by atoms with Gasteiger partial charge in [0, 0.05) is 87.3 Å². The van der Waals surface area contributed by atoms with E-state index in [0.717, 1.165) is 52.6 Å². The number of halogens is 5. The number of rotatable bonds is 20. The van der Waals surface area contributed by atoms with E-state index in [-0.39, 0.29) is 4.90 Å². The highest BCUT2D eigenvalue weighted by molar-refractivity contribution is 9.10. The van der Waals surface area contributed by atoms with Gasteiger partial charge in [-0.2, -0.15) is 13.2 Å². The van der Waals surface area contributed by atoms with E-state index in [1.165, 1.54) is 145 Å². The van der Waals surface area contributed by atoms with Gasteiger partial charge < -0.3 is 0 Å². The SMILES string of the molecule is Cc1cc(C)c(Sc2c(C)cc(C)cc2C)c(C)c1.Cc1cc(C)c(Sc2ccccc2C(F)(F)F)c(C)c1.Cc1ccc(S(=O)c2ccccc2S(=O)c2cccc(C)c2)cc1.Cc1ccc(Sc2c(C)cc(C)cc2C)cc1.Cc1ccc(Sc2cc(Sc3ccc(C)cc3)cc(Sc3ccc(C)cc3)c2)cc1.O=S(c1cccc(S(=O)c2ccccc2Br)c1)c1ccccc1Br. The first-order valence-corrected chi connectivity index (χ1v) is 54.4. The normalized spacial score (nSPS) is 11.9. The van der Waals surface area contributed by atoms with E-state index in [2.05, 4.69) is 274 Å². The molecule has 0 N–H and O–H groups in total. The summed E-state index contributed by atoms with van der Waals surface area (Å²) in [4.78, 5) is 19.5. The van der Waals surface area contributed by atoms with Gasteiger partial charge >= 0.3 is 6.18 Å². The lowest BCUT2D eigenvalue weighted by molar-refractivity contribution is -0.139. The Bertz CT molecular complexity index is 6480. The molecule has 688 valence electrons. The summed E-state index contributed by atoms with van der Waals surface area (Å²) in [6.45, 7) is 38.0. The molecular formula is C115H109Br2F3O4S10. The van der Waals surface area contributed by atoms with Crippen LogP contribution in [-0.2, 0) is 49.4 Å². The van der Waals surface area contributed by atoms with Gasteiger partial charge in [-0.1, -0.05) is 297 Å². The number of aryl methyl sites for hydroxylation is 18. The highest BCUT2D eigenvalue weighted by atomic mass is 79.9. The Morgan fingerprint density at radius 1 is 0.209 bits per heavy atom. The van der Waals surface area contributed by atoms with Crippen molar-refractivity contribution in [2.45, 2.75) is 229 Å². The summed E-state index contributed by atoms with van der Waals surface area (Å²) in [5.41, 5.74) is 22.2. The van der Waals surface area contributed by atoms with Gasteiger partial charge in [0.1, 0.15) is 0 Å². The Hall–Kier alpha value is -9.03. The van der Waals surface area contributed by atoms with Gasteiger partial charge in [0.25, 0.3) is 0 Å². The maximum absolute atomic E-state index is 13.0. The fourth-order valence-corrected chi connectivity index (χ4v) is 27.2. The molecule has 0 aliphatic heterocycles. The van der Waals surface area contributed by atoms with Crippen LogP contribution in [0.5, 0.6) is 0 Å². The third-order valence-corrected chi connectivity index (χ3v) is 36.1. The summed E-state index contributed by atoms with van der Waals surface area (Å²) in [5.74, 6) is 0. The molecule has 16 aromatic carbocycles. The average molecular weight is 2090 g/mol. The molecule has 0 fully saturated rings. The maximum Gasteiger partial charge on any atom is 0.417 e. The first kappa shape index (κ1) is 105. The molecule has 0 spiro atoms. The van der Waals surface area contributed by atoms with E-state index in [1.54, 1.807) is 42.5 Å². The van der Waals surface area contributed by atoms with Gasteiger partial charge in [-0.05, 0) is 364 Å². The summed E-state index contributed by atoms with van der Waals surface area (Å²) < 4.78 is 92.2. The fraction of sp³-hybridized carbons (Fsp3) is 0.165. The predicted molar refractivity (Wildman–Crippen MR) is 572 cm³/mol. The van der Waals surface area contributed by atoms with E-state index in [4.69, 9.17) is 0 Å². The molecule has 16 rings (SSSR count). The quantitative estimate of drug-likeness (QED) is 0.0737. The highest BCUT2D eigenvalue weighted by Gasteiger charge is 2.34. The Morgan fingerprint density at radius 3 is 0.799 bits per heavy atom. The molecule has 0 radical (unpaired) electrons. The summed E-state index contributed by atoms with van der Waals surface area (Å²) in [6, 6.07) is 110. The topological polar surface area (TPSA) is 68.3 Å². The highest BCUT2D eigenvalue weighted by Crippen LogP contribution is 2.45. The monoisotopic (exact) mass is 2090 g/mol. The number of hydrogen-bond donors (Lipinski definition) is 0. The van der Waals surface area contributed by atoms with Crippen LogP contribution in [0.2, 0.25) is 0 Å². The summed E-state index contributed by atoms with van der Waals surface area (Å²) >= 11 is 17.3. The molecule has 0 aliphatic carbocycles. The largest absolute Gasteiger partial charge is 0.417 e. The fourth-order valence-electron chi connectivity index (χ4n) is 14.5. The Labute approximate surface area is 844 Å². The van der Waals surface area contributed by atoms with Crippen LogP contribution in [-0.4, -0.2) is 16.8 Å². The minimum atomic E-state index is -4.32. The molecule has 19 heteroatoms. The number of alkyl halides is 3. The van der Waals surface area contributed by atoms with Crippen molar-refractivity contribution in [3.05, 3.63) is 448 Å². The average Bonchev–Trinajstić information content (AvgIpc) is 0.778. The van der Waals surface area contributed by atoms with E-state index in [0.29, 0.717) is 34.3 Å². The first-order chi connectivity index (χ1) is 63.9. The minimum Gasteiger partial charge on any atom is -0.249 e.